The van der Waals surface area contributed by atoms with Gasteiger partial charge in [0.2, 0.25) is 0 Å². The highest BCUT2D eigenvalue weighted by atomic mass is 35.5. The molecule has 0 saturated carbocycles. The summed E-state index contributed by atoms with van der Waals surface area (Å²) in [5, 5.41) is 11.2. The molecule has 102 valence electrons. The highest BCUT2D eigenvalue weighted by molar-refractivity contribution is 5.79. The number of amides is 1. The van der Waals surface area contributed by atoms with Gasteiger partial charge in [-0.3, -0.25) is 0 Å². The zero-order chi connectivity index (χ0) is 12.8. The topological polar surface area (TPSA) is 103 Å². The minimum atomic E-state index is -1.06. The van der Waals surface area contributed by atoms with Crippen LogP contribution < -0.4 is 23.5 Å². The molecule has 0 aromatic carbocycles. The molecule has 0 fully saturated rings. The number of hydrogen-bond donors (Lipinski definition) is 3. The van der Waals surface area contributed by atoms with Gasteiger partial charge in [-0.2, -0.15) is 0 Å². The van der Waals surface area contributed by atoms with E-state index in [9.17, 15) is 9.59 Å². The minimum Gasteiger partial charge on any atom is -1.00 e. The first kappa shape index (κ1) is 18.4. The van der Waals surface area contributed by atoms with Crippen LogP contribution in [0.5, 0.6) is 0 Å². The van der Waals surface area contributed by atoms with Crippen molar-refractivity contribution >= 4 is 12.1 Å². The van der Waals surface area contributed by atoms with Crippen molar-refractivity contribution in [3.05, 3.63) is 0 Å². The first-order chi connectivity index (χ1) is 7.26. The smallest absolute Gasteiger partial charge is 0.408 e. The van der Waals surface area contributed by atoms with Gasteiger partial charge in [0.25, 0.3) is 0 Å². The monoisotopic (exact) mass is 269 g/mol. The number of hydrogen-bond acceptors (Lipinski definition) is 3. The van der Waals surface area contributed by atoms with E-state index in [4.69, 9.17) is 9.84 Å². The van der Waals surface area contributed by atoms with Crippen LogP contribution in [0.4, 0.5) is 4.79 Å². The van der Waals surface area contributed by atoms with Gasteiger partial charge in [0, 0.05) is 0 Å². The Hall–Kier alpha value is -1.01. The molecule has 1 amide bonds. The van der Waals surface area contributed by atoms with Crippen LogP contribution in [0.2, 0.25) is 0 Å². The number of carboxylic acids is 1. The SMILES string of the molecule is CC(C)(C)OC(=O)N[C@@H](CC[13CH2][NH3+])C(=O)O.[Cl-]. The number of nitrogens with one attached hydrogen (secondary N) is 1. The van der Waals surface area contributed by atoms with Crippen molar-refractivity contribution in [3.8, 4) is 0 Å². The minimum absolute atomic E-state index is 0. The van der Waals surface area contributed by atoms with Crippen molar-refractivity contribution < 1.29 is 37.6 Å². The first-order valence-electron chi connectivity index (χ1n) is 5.28. The van der Waals surface area contributed by atoms with Crippen LogP contribution in [-0.4, -0.2) is 35.4 Å². The van der Waals surface area contributed by atoms with Gasteiger partial charge in [-0.05, 0) is 33.6 Å². The maximum Gasteiger partial charge on any atom is 0.408 e. The number of carbonyl (C=O) groups excluding carboxylic acids is 1. The molecule has 0 aromatic heterocycles. The second-order valence-electron chi connectivity index (χ2n) is 4.53. The van der Waals surface area contributed by atoms with Crippen molar-refractivity contribution in [1.29, 1.82) is 0 Å². The van der Waals surface area contributed by atoms with Gasteiger partial charge in [0.05, 0.1) is 6.54 Å². The molecule has 5 N–H and O–H groups in total. The lowest BCUT2D eigenvalue weighted by molar-refractivity contribution is -0.368. The quantitative estimate of drug-likeness (QED) is 0.463. The summed E-state index contributed by atoms with van der Waals surface area (Å²) in [5.41, 5.74) is 2.99. The summed E-state index contributed by atoms with van der Waals surface area (Å²) < 4.78 is 4.97. The lowest BCUT2D eigenvalue weighted by Gasteiger charge is -2.21. The maximum atomic E-state index is 11.3. The second-order valence-corrected chi connectivity index (χ2v) is 4.53. The molecule has 0 aliphatic heterocycles. The van der Waals surface area contributed by atoms with E-state index in [-0.39, 0.29) is 12.4 Å². The average Bonchev–Trinajstić information content (AvgIpc) is 2.08. The number of ether oxygens (including phenoxy) is 1. The van der Waals surface area contributed by atoms with Gasteiger partial charge < -0.3 is 33.3 Å². The van der Waals surface area contributed by atoms with E-state index in [0.29, 0.717) is 19.4 Å². The van der Waals surface area contributed by atoms with Gasteiger partial charge in [0.15, 0.2) is 0 Å². The predicted octanol–water partition coefficient (Wildman–Crippen LogP) is -3.01. The molecule has 0 spiro atoms. The molecule has 0 bridgehead atoms. The molecule has 0 rings (SSSR count). The summed E-state index contributed by atoms with van der Waals surface area (Å²) in [6.07, 6.45) is 0.300. The van der Waals surface area contributed by atoms with Gasteiger partial charge >= 0.3 is 12.1 Å². The van der Waals surface area contributed by atoms with Crippen LogP contribution in [-0.2, 0) is 9.53 Å². The van der Waals surface area contributed by atoms with E-state index in [2.05, 4.69) is 11.1 Å². The third-order valence-electron chi connectivity index (χ3n) is 1.73. The highest BCUT2D eigenvalue weighted by Gasteiger charge is 2.23. The van der Waals surface area contributed by atoms with Crippen molar-refractivity contribution in [2.24, 2.45) is 0 Å². The molecule has 0 aromatic rings. The van der Waals surface area contributed by atoms with Crippen LogP contribution >= 0.6 is 0 Å². The summed E-state index contributed by atoms with van der Waals surface area (Å²) in [5.74, 6) is -1.06. The number of carbonyl (C=O) groups is 2. The molecule has 17 heavy (non-hydrogen) atoms. The Balaban J connectivity index is 0. The molecule has 0 unspecified atom stereocenters. The standard InChI is InChI=1S/C10H20N2O4.ClH/c1-10(2,3)16-9(15)12-7(8(13)14)5-4-6-11;/h7H,4-6,11H2,1-3H3,(H,12,15)(H,13,14);1H/t7-;/m0./s1/i6+1;. The summed E-state index contributed by atoms with van der Waals surface area (Å²) >= 11 is 0. The fraction of sp³-hybridized carbons (Fsp3) is 0.800. The largest absolute Gasteiger partial charge is 1.00 e. The molecule has 7 heteroatoms. The van der Waals surface area contributed by atoms with E-state index >= 15 is 0 Å². The second kappa shape index (κ2) is 8.14. The fourth-order valence-electron chi connectivity index (χ4n) is 1.06. The molecule has 0 aliphatic carbocycles. The highest BCUT2D eigenvalue weighted by Crippen LogP contribution is 2.07. The van der Waals surface area contributed by atoms with E-state index in [0.717, 1.165) is 0 Å². The van der Waals surface area contributed by atoms with Crippen molar-refractivity contribution in [2.45, 2.75) is 45.3 Å². The summed E-state index contributed by atoms with van der Waals surface area (Å²) in [6, 6.07) is -0.906. The van der Waals surface area contributed by atoms with Crippen LogP contribution in [0.15, 0.2) is 0 Å². The van der Waals surface area contributed by atoms with Crippen molar-refractivity contribution in [2.75, 3.05) is 6.54 Å². The molecule has 0 aliphatic rings. The van der Waals surface area contributed by atoms with Crippen molar-refractivity contribution in [3.63, 3.8) is 0 Å². The van der Waals surface area contributed by atoms with E-state index in [1.165, 1.54) is 0 Å². The number of rotatable bonds is 5. The Morgan fingerprint density at radius 2 is 1.94 bits per heavy atom. The fourth-order valence-corrected chi connectivity index (χ4v) is 1.06. The number of alkyl carbamates (subject to hydrolysis) is 1. The third kappa shape index (κ3) is 9.89. The Kier molecular flexibility index (Phi) is 8.79. The normalized spacial score (nSPS) is 12.2. The van der Waals surface area contributed by atoms with Crippen LogP contribution in [0, 0.1) is 0 Å². The Bertz CT molecular complexity index is 253. The van der Waals surface area contributed by atoms with Crippen LogP contribution in [0.3, 0.4) is 0 Å². The van der Waals surface area contributed by atoms with E-state index in [1.54, 1.807) is 20.8 Å². The summed E-state index contributed by atoms with van der Waals surface area (Å²) in [7, 11) is 0. The molecule has 0 heterocycles. The van der Waals surface area contributed by atoms with Crippen molar-refractivity contribution in [1.82, 2.24) is 5.32 Å². The lowest BCUT2D eigenvalue weighted by Crippen LogP contribution is -3.00. The Labute approximate surface area is 107 Å². The summed E-state index contributed by atoms with van der Waals surface area (Å²) in [4.78, 5) is 22.1. The number of carboxylic acid groups (broad SMARTS) is 1. The Morgan fingerprint density at radius 3 is 2.29 bits per heavy atom. The van der Waals surface area contributed by atoms with Gasteiger partial charge in [-0.1, -0.05) is 0 Å². The van der Waals surface area contributed by atoms with Gasteiger partial charge in [-0.15, -0.1) is 0 Å². The molecule has 6 nitrogen and oxygen atoms in total. The van der Waals surface area contributed by atoms with Crippen LogP contribution in [0.25, 0.3) is 0 Å². The van der Waals surface area contributed by atoms with Crippen LogP contribution in [0.1, 0.15) is 33.6 Å². The molecule has 0 saturated heterocycles. The lowest BCUT2D eigenvalue weighted by atomic mass is 10.2. The maximum absolute atomic E-state index is 11.3. The van der Waals surface area contributed by atoms with E-state index in [1.807, 2.05) is 0 Å². The summed E-state index contributed by atoms with van der Waals surface area (Å²) in [6.45, 7) is 5.80. The zero-order valence-electron chi connectivity index (χ0n) is 10.5. The zero-order valence-corrected chi connectivity index (χ0v) is 11.2. The predicted molar refractivity (Wildman–Crippen MR) is 57.8 cm³/mol. The average molecular weight is 270 g/mol. The molecule has 1 atom stereocenters. The molecular formula is C10H21ClN2O4. The van der Waals surface area contributed by atoms with E-state index < -0.39 is 23.7 Å². The first-order valence-corrected chi connectivity index (χ1v) is 5.28. The third-order valence-corrected chi connectivity index (χ3v) is 1.73. The number of quaternary nitrogens is 1. The van der Waals surface area contributed by atoms with Gasteiger partial charge in [0.1, 0.15) is 11.6 Å². The molecular weight excluding hydrogens is 249 g/mol. The Morgan fingerprint density at radius 1 is 1.41 bits per heavy atom. The molecule has 0 radical (unpaired) electrons. The van der Waals surface area contributed by atoms with Gasteiger partial charge in [-0.25, -0.2) is 9.59 Å². The number of aliphatic carboxylic acids is 1. The number of halogens is 1.